The van der Waals surface area contributed by atoms with Crippen LogP contribution in [0.15, 0.2) is 42.5 Å². The maximum atomic E-state index is 12.1. The number of hydrogen-bond donors (Lipinski definition) is 2. The van der Waals surface area contributed by atoms with Crippen molar-refractivity contribution in [3.05, 3.63) is 69.3 Å². The first-order valence-electron chi connectivity index (χ1n) is 8.38. The van der Waals surface area contributed by atoms with E-state index >= 15 is 0 Å². The van der Waals surface area contributed by atoms with Gasteiger partial charge in [-0.15, -0.1) is 0 Å². The number of benzene rings is 2. The molecule has 2 rings (SSSR count). The van der Waals surface area contributed by atoms with E-state index in [0.717, 1.165) is 18.1 Å². The van der Waals surface area contributed by atoms with Gasteiger partial charge in [-0.05, 0) is 24.1 Å². The first-order chi connectivity index (χ1) is 13.0. The Hall–Kier alpha value is -3.26. The topological polar surface area (TPSA) is 119 Å². The second-order valence-electron chi connectivity index (χ2n) is 5.69. The summed E-state index contributed by atoms with van der Waals surface area (Å²) >= 11 is 0. The zero-order valence-electron chi connectivity index (χ0n) is 14.8. The van der Waals surface area contributed by atoms with Crippen LogP contribution in [0.5, 0.6) is 0 Å². The van der Waals surface area contributed by atoms with E-state index in [2.05, 4.69) is 5.32 Å². The SMILES string of the molecule is CCc1ccc(C(=O)COC(=O)c2ccc(NCCO)c([N+](=O)[O-])c2)cc1. The van der Waals surface area contributed by atoms with Gasteiger partial charge in [0.2, 0.25) is 0 Å². The number of nitro benzene ring substituents is 1. The van der Waals surface area contributed by atoms with Gasteiger partial charge in [0.15, 0.2) is 12.4 Å². The zero-order valence-corrected chi connectivity index (χ0v) is 14.8. The smallest absolute Gasteiger partial charge is 0.338 e. The minimum Gasteiger partial charge on any atom is -0.454 e. The third-order valence-corrected chi connectivity index (χ3v) is 3.88. The Morgan fingerprint density at radius 1 is 1.15 bits per heavy atom. The lowest BCUT2D eigenvalue weighted by molar-refractivity contribution is -0.384. The number of Topliss-reactive ketones (excluding diaryl/α,β-unsaturated/α-hetero) is 1. The summed E-state index contributed by atoms with van der Waals surface area (Å²) in [7, 11) is 0. The number of aliphatic hydroxyl groups is 1. The minimum absolute atomic E-state index is 0.0367. The van der Waals surface area contributed by atoms with Crippen LogP contribution < -0.4 is 5.32 Å². The maximum absolute atomic E-state index is 12.1. The molecule has 0 saturated carbocycles. The Balaban J connectivity index is 2.05. The molecular formula is C19H20N2O6. The van der Waals surface area contributed by atoms with Gasteiger partial charge in [0.1, 0.15) is 5.69 Å². The molecule has 8 nitrogen and oxygen atoms in total. The number of esters is 1. The van der Waals surface area contributed by atoms with Gasteiger partial charge in [-0.2, -0.15) is 0 Å². The number of carbonyl (C=O) groups excluding carboxylic acids is 2. The van der Waals surface area contributed by atoms with Gasteiger partial charge < -0.3 is 15.2 Å². The maximum Gasteiger partial charge on any atom is 0.338 e. The molecule has 0 atom stereocenters. The summed E-state index contributed by atoms with van der Waals surface area (Å²) in [6, 6.07) is 10.8. The van der Waals surface area contributed by atoms with Crippen molar-refractivity contribution in [3.8, 4) is 0 Å². The molecule has 8 heteroatoms. The molecule has 0 radical (unpaired) electrons. The Bertz CT molecular complexity index is 833. The molecule has 0 aromatic heterocycles. The summed E-state index contributed by atoms with van der Waals surface area (Å²) in [4.78, 5) is 34.8. The first-order valence-corrected chi connectivity index (χ1v) is 8.38. The molecule has 2 aromatic rings. The lowest BCUT2D eigenvalue weighted by atomic mass is 10.1. The highest BCUT2D eigenvalue weighted by Gasteiger charge is 2.19. The van der Waals surface area contributed by atoms with E-state index in [1.54, 1.807) is 12.1 Å². The average Bonchev–Trinajstić information content (AvgIpc) is 2.70. The van der Waals surface area contributed by atoms with Crippen molar-refractivity contribution in [3.63, 3.8) is 0 Å². The molecule has 0 heterocycles. The molecular weight excluding hydrogens is 352 g/mol. The van der Waals surface area contributed by atoms with Crippen molar-refractivity contribution in [1.29, 1.82) is 0 Å². The number of hydrogen-bond acceptors (Lipinski definition) is 7. The third kappa shape index (κ3) is 5.35. The van der Waals surface area contributed by atoms with E-state index in [0.29, 0.717) is 5.56 Å². The van der Waals surface area contributed by atoms with E-state index in [9.17, 15) is 19.7 Å². The lowest BCUT2D eigenvalue weighted by Crippen LogP contribution is -2.15. The van der Waals surface area contributed by atoms with Gasteiger partial charge in [-0.1, -0.05) is 31.2 Å². The van der Waals surface area contributed by atoms with Crippen LogP contribution in [0.1, 0.15) is 33.2 Å². The van der Waals surface area contributed by atoms with Crippen molar-refractivity contribution < 1.29 is 24.4 Å². The fraction of sp³-hybridized carbons (Fsp3) is 0.263. The second kappa shape index (κ2) is 9.44. The predicted octanol–water partition coefficient (Wildman–Crippen LogP) is 2.60. The van der Waals surface area contributed by atoms with Crippen molar-refractivity contribution in [1.82, 2.24) is 0 Å². The number of nitrogens with one attached hydrogen (secondary N) is 1. The quantitative estimate of drug-likeness (QED) is 0.300. The van der Waals surface area contributed by atoms with Crippen molar-refractivity contribution in [2.75, 3.05) is 25.1 Å². The standard InChI is InChI=1S/C19H20N2O6/c1-2-13-3-5-14(6-4-13)18(23)12-27-19(24)15-7-8-16(20-9-10-22)17(11-15)21(25)26/h3-8,11,20,22H,2,9-10,12H2,1H3. The highest BCUT2D eigenvalue weighted by Crippen LogP contribution is 2.25. The van der Waals surface area contributed by atoms with E-state index in [1.165, 1.54) is 12.1 Å². The molecule has 2 aromatic carbocycles. The molecule has 0 spiro atoms. The summed E-state index contributed by atoms with van der Waals surface area (Å²) < 4.78 is 4.99. The number of nitrogens with zero attached hydrogens (tertiary/aromatic N) is 1. The van der Waals surface area contributed by atoms with Gasteiger partial charge >= 0.3 is 5.97 Å². The zero-order chi connectivity index (χ0) is 19.8. The van der Waals surface area contributed by atoms with Crippen LogP contribution in [0.2, 0.25) is 0 Å². The van der Waals surface area contributed by atoms with Crippen LogP contribution in [-0.4, -0.2) is 41.5 Å². The molecule has 27 heavy (non-hydrogen) atoms. The van der Waals surface area contributed by atoms with Crippen LogP contribution in [-0.2, 0) is 11.2 Å². The number of carbonyl (C=O) groups is 2. The highest BCUT2D eigenvalue weighted by atomic mass is 16.6. The normalized spacial score (nSPS) is 10.3. The van der Waals surface area contributed by atoms with Gasteiger partial charge in [0, 0.05) is 18.2 Å². The van der Waals surface area contributed by atoms with Crippen LogP contribution in [0.4, 0.5) is 11.4 Å². The summed E-state index contributed by atoms with van der Waals surface area (Å²) in [6.45, 7) is 1.49. The Labute approximate surface area is 155 Å². The van der Waals surface area contributed by atoms with E-state index in [-0.39, 0.29) is 35.9 Å². The predicted molar refractivity (Wildman–Crippen MR) is 99.1 cm³/mol. The van der Waals surface area contributed by atoms with E-state index in [1.807, 2.05) is 19.1 Å². The largest absolute Gasteiger partial charge is 0.454 e. The summed E-state index contributed by atoms with van der Waals surface area (Å²) in [6.07, 6.45) is 0.853. The lowest BCUT2D eigenvalue weighted by Gasteiger charge is -2.08. The number of aryl methyl sites for hydroxylation is 1. The van der Waals surface area contributed by atoms with Crippen molar-refractivity contribution in [2.24, 2.45) is 0 Å². The third-order valence-electron chi connectivity index (χ3n) is 3.88. The number of aliphatic hydroxyl groups excluding tert-OH is 1. The highest BCUT2D eigenvalue weighted by molar-refractivity contribution is 5.99. The summed E-state index contributed by atoms with van der Waals surface area (Å²) in [5, 5.41) is 22.7. The van der Waals surface area contributed by atoms with Crippen LogP contribution in [0.25, 0.3) is 0 Å². The summed E-state index contributed by atoms with van der Waals surface area (Å²) in [5.74, 6) is -1.19. The molecule has 0 aliphatic rings. The van der Waals surface area contributed by atoms with Gasteiger partial charge in [-0.3, -0.25) is 14.9 Å². The monoisotopic (exact) mass is 372 g/mol. The fourth-order valence-electron chi connectivity index (χ4n) is 2.37. The van der Waals surface area contributed by atoms with Crippen molar-refractivity contribution >= 4 is 23.1 Å². The Kier molecular flexibility index (Phi) is 7.01. The molecule has 0 bridgehead atoms. The number of ether oxygens (including phenoxy) is 1. The Morgan fingerprint density at radius 2 is 1.81 bits per heavy atom. The molecule has 0 amide bonds. The molecule has 0 fully saturated rings. The molecule has 2 N–H and O–H groups in total. The van der Waals surface area contributed by atoms with Crippen LogP contribution in [0.3, 0.4) is 0 Å². The first kappa shape index (κ1) is 20.1. The number of ketones is 1. The molecule has 0 unspecified atom stereocenters. The van der Waals surface area contributed by atoms with Crippen molar-refractivity contribution in [2.45, 2.75) is 13.3 Å². The molecule has 0 saturated heterocycles. The number of anilines is 1. The number of rotatable bonds is 9. The average molecular weight is 372 g/mol. The fourth-order valence-corrected chi connectivity index (χ4v) is 2.37. The summed E-state index contributed by atoms with van der Waals surface area (Å²) in [5.41, 5.74) is 1.34. The van der Waals surface area contributed by atoms with Gasteiger partial charge in [0.25, 0.3) is 5.69 Å². The molecule has 0 aliphatic carbocycles. The molecule has 0 aliphatic heterocycles. The van der Waals surface area contributed by atoms with Gasteiger partial charge in [-0.25, -0.2) is 4.79 Å². The Morgan fingerprint density at radius 3 is 2.41 bits per heavy atom. The van der Waals surface area contributed by atoms with E-state index in [4.69, 9.17) is 9.84 Å². The second-order valence-corrected chi connectivity index (χ2v) is 5.69. The number of nitro groups is 1. The van der Waals surface area contributed by atoms with Crippen LogP contribution in [0, 0.1) is 10.1 Å². The minimum atomic E-state index is -0.828. The van der Waals surface area contributed by atoms with E-state index < -0.39 is 17.5 Å². The molecule has 142 valence electrons. The van der Waals surface area contributed by atoms with Gasteiger partial charge in [0.05, 0.1) is 17.1 Å². The van der Waals surface area contributed by atoms with Crippen LogP contribution >= 0.6 is 0 Å².